The van der Waals surface area contributed by atoms with Crippen LogP contribution in [0.1, 0.15) is 10.4 Å². The third kappa shape index (κ3) is 4.02. The average Bonchev–Trinajstić information content (AvgIpc) is 2.40. The van der Waals surface area contributed by atoms with Gasteiger partial charge in [-0.2, -0.15) is 0 Å². The van der Waals surface area contributed by atoms with Gasteiger partial charge in [-0.05, 0) is 12.1 Å². The molecule has 1 aliphatic heterocycles. The van der Waals surface area contributed by atoms with E-state index in [9.17, 15) is 9.59 Å². The molecule has 5 nitrogen and oxygen atoms in total. The maximum Gasteiger partial charge on any atom is 0.259 e. The molecule has 0 unspecified atom stereocenters. The highest BCUT2D eigenvalue weighted by atomic mass is 35.5. The van der Waals surface area contributed by atoms with Crippen LogP contribution >= 0.6 is 11.6 Å². The summed E-state index contributed by atoms with van der Waals surface area (Å²) in [6.07, 6.45) is 0. The van der Waals surface area contributed by atoms with Crippen LogP contribution in [0.5, 0.6) is 0 Å². The van der Waals surface area contributed by atoms with Crippen molar-refractivity contribution in [3.05, 3.63) is 34.9 Å². The third-order valence-electron chi connectivity index (χ3n) is 2.95. The first-order valence-corrected chi connectivity index (χ1v) is 6.56. The summed E-state index contributed by atoms with van der Waals surface area (Å²) in [5, 5.41) is 5.91. The van der Waals surface area contributed by atoms with Crippen molar-refractivity contribution in [2.75, 3.05) is 32.7 Å². The fourth-order valence-electron chi connectivity index (χ4n) is 1.95. The number of piperazine rings is 1. The van der Waals surface area contributed by atoms with E-state index in [0.29, 0.717) is 10.6 Å². The number of amides is 2. The van der Waals surface area contributed by atoms with Gasteiger partial charge in [0.05, 0.1) is 17.1 Å². The van der Waals surface area contributed by atoms with Crippen LogP contribution in [0.25, 0.3) is 0 Å². The van der Waals surface area contributed by atoms with Crippen molar-refractivity contribution in [1.29, 1.82) is 0 Å². The topological polar surface area (TPSA) is 61.4 Å². The Morgan fingerprint density at radius 1 is 1.26 bits per heavy atom. The van der Waals surface area contributed by atoms with Crippen LogP contribution in [0, 0.1) is 0 Å². The van der Waals surface area contributed by atoms with E-state index in [4.69, 9.17) is 11.6 Å². The number of nitrogens with zero attached hydrogens (tertiary/aromatic N) is 1. The number of carbonyl (C=O) groups excluding carboxylic acids is 2. The minimum atomic E-state index is -0.453. The Hall–Kier alpha value is -1.43. The van der Waals surface area contributed by atoms with Crippen molar-refractivity contribution >= 4 is 23.4 Å². The first kappa shape index (κ1) is 14.0. The third-order valence-corrected chi connectivity index (χ3v) is 3.28. The molecule has 6 heteroatoms. The van der Waals surface area contributed by atoms with Gasteiger partial charge in [0.2, 0.25) is 5.91 Å². The van der Waals surface area contributed by atoms with Crippen LogP contribution in [-0.4, -0.2) is 49.4 Å². The van der Waals surface area contributed by atoms with Crippen LogP contribution in [0.4, 0.5) is 0 Å². The van der Waals surface area contributed by atoms with E-state index in [-0.39, 0.29) is 12.5 Å². The van der Waals surface area contributed by atoms with Gasteiger partial charge in [0.1, 0.15) is 0 Å². The Kier molecular flexibility index (Phi) is 4.90. The Morgan fingerprint density at radius 2 is 1.95 bits per heavy atom. The zero-order chi connectivity index (χ0) is 13.7. The minimum Gasteiger partial charge on any atom is -0.314 e. The quantitative estimate of drug-likeness (QED) is 0.847. The molecule has 0 aromatic heterocycles. The van der Waals surface area contributed by atoms with Crippen molar-refractivity contribution in [2.24, 2.45) is 0 Å². The molecule has 1 aromatic carbocycles. The van der Waals surface area contributed by atoms with Gasteiger partial charge < -0.3 is 5.32 Å². The Bertz CT molecular complexity index is 473. The number of hydrogen-bond acceptors (Lipinski definition) is 4. The van der Waals surface area contributed by atoms with Crippen LogP contribution in [0.15, 0.2) is 24.3 Å². The molecule has 0 aliphatic carbocycles. The van der Waals surface area contributed by atoms with E-state index in [2.05, 4.69) is 10.6 Å². The van der Waals surface area contributed by atoms with Gasteiger partial charge in [0.25, 0.3) is 5.91 Å². The molecule has 2 amide bonds. The fraction of sp³-hybridized carbons (Fsp3) is 0.385. The van der Waals surface area contributed by atoms with Crippen molar-refractivity contribution in [3.63, 3.8) is 0 Å². The summed E-state index contributed by atoms with van der Waals surface area (Å²) in [6.45, 7) is 3.59. The zero-order valence-electron chi connectivity index (χ0n) is 10.5. The lowest BCUT2D eigenvalue weighted by molar-refractivity contribution is -0.121. The molecular formula is C13H16ClN3O2. The van der Waals surface area contributed by atoms with Gasteiger partial charge in [-0.15, -0.1) is 0 Å². The predicted octanol–water partition coefficient (Wildman–Crippen LogP) is 0.502. The number of halogens is 1. The van der Waals surface area contributed by atoms with E-state index in [1.807, 2.05) is 4.90 Å². The van der Waals surface area contributed by atoms with Crippen LogP contribution in [0.3, 0.4) is 0 Å². The predicted molar refractivity (Wildman–Crippen MR) is 73.2 cm³/mol. The van der Waals surface area contributed by atoms with Gasteiger partial charge in [0.15, 0.2) is 0 Å². The highest BCUT2D eigenvalue weighted by Crippen LogP contribution is 2.14. The second-order valence-corrected chi connectivity index (χ2v) is 4.79. The molecule has 1 aromatic rings. The molecule has 19 heavy (non-hydrogen) atoms. The molecule has 0 spiro atoms. The molecule has 1 aliphatic rings. The number of nitrogens with one attached hydrogen (secondary N) is 2. The maximum atomic E-state index is 11.9. The molecule has 0 radical (unpaired) electrons. The summed E-state index contributed by atoms with van der Waals surface area (Å²) in [6, 6.07) is 6.66. The van der Waals surface area contributed by atoms with Crippen molar-refractivity contribution < 1.29 is 9.59 Å². The Morgan fingerprint density at radius 3 is 2.63 bits per heavy atom. The number of rotatable bonds is 3. The van der Waals surface area contributed by atoms with E-state index in [1.165, 1.54) is 0 Å². The van der Waals surface area contributed by atoms with Gasteiger partial charge in [-0.3, -0.25) is 19.8 Å². The number of carbonyl (C=O) groups is 2. The molecule has 1 heterocycles. The van der Waals surface area contributed by atoms with Gasteiger partial charge in [-0.25, -0.2) is 0 Å². The normalized spacial score (nSPS) is 16.1. The molecule has 0 bridgehead atoms. The largest absolute Gasteiger partial charge is 0.314 e. The lowest BCUT2D eigenvalue weighted by Crippen LogP contribution is -2.48. The van der Waals surface area contributed by atoms with Gasteiger partial charge in [0, 0.05) is 26.2 Å². The number of imide groups is 1. The van der Waals surface area contributed by atoms with Gasteiger partial charge in [-0.1, -0.05) is 23.7 Å². The molecular weight excluding hydrogens is 266 g/mol. The summed E-state index contributed by atoms with van der Waals surface area (Å²) in [4.78, 5) is 25.6. The summed E-state index contributed by atoms with van der Waals surface area (Å²) >= 11 is 5.90. The van der Waals surface area contributed by atoms with Crippen LogP contribution in [-0.2, 0) is 4.79 Å². The Labute approximate surface area is 116 Å². The van der Waals surface area contributed by atoms with Crippen LogP contribution in [0.2, 0.25) is 5.02 Å². The molecule has 0 saturated carbocycles. The standard InChI is InChI=1S/C13H16ClN3O2/c14-11-4-2-1-3-10(11)13(19)16-12(18)9-17-7-5-15-6-8-17/h1-4,15H,5-9H2,(H,16,18,19). The van der Waals surface area contributed by atoms with Crippen LogP contribution < -0.4 is 10.6 Å². The molecule has 0 atom stereocenters. The highest BCUT2D eigenvalue weighted by Gasteiger charge is 2.17. The summed E-state index contributed by atoms with van der Waals surface area (Å²) < 4.78 is 0. The summed E-state index contributed by atoms with van der Waals surface area (Å²) in [7, 11) is 0. The molecule has 102 valence electrons. The SMILES string of the molecule is O=C(CN1CCNCC1)NC(=O)c1ccccc1Cl. The van der Waals surface area contributed by atoms with Crippen molar-refractivity contribution in [3.8, 4) is 0 Å². The molecule has 1 saturated heterocycles. The zero-order valence-corrected chi connectivity index (χ0v) is 11.2. The minimum absolute atomic E-state index is 0.234. The smallest absolute Gasteiger partial charge is 0.259 e. The second kappa shape index (κ2) is 6.65. The number of benzene rings is 1. The van der Waals surface area contributed by atoms with E-state index in [1.54, 1.807) is 24.3 Å². The maximum absolute atomic E-state index is 11.9. The van der Waals surface area contributed by atoms with E-state index >= 15 is 0 Å². The lowest BCUT2D eigenvalue weighted by atomic mass is 10.2. The summed E-state index contributed by atoms with van der Waals surface area (Å²) in [5.74, 6) is -0.752. The second-order valence-electron chi connectivity index (χ2n) is 4.38. The Balaban J connectivity index is 1.88. The lowest BCUT2D eigenvalue weighted by Gasteiger charge is -2.26. The molecule has 1 fully saturated rings. The van der Waals surface area contributed by atoms with Crippen molar-refractivity contribution in [2.45, 2.75) is 0 Å². The van der Waals surface area contributed by atoms with Gasteiger partial charge >= 0.3 is 0 Å². The van der Waals surface area contributed by atoms with Crippen molar-refractivity contribution in [1.82, 2.24) is 15.5 Å². The van der Waals surface area contributed by atoms with E-state index in [0.717, 1.165) is 26.2 Å². The summed E-state index contributed by atoms with van der Waals surface area (Å²) in [5.41, 5.74) is 0.317. The number of hydrogen-bond donors (Lipinski definition) is 2. The first-order valence-electron chi connectivity index (χ1n) is 6.18. The highest BCUT2D eigenvalue weighted by molar-refractivity contribution is 6.34. The monoisotopic (exact) mass is 281 g/mol. The average molecular weight is 282 g/mol. The molecule has 2 rings (SSSR count). The fourth-order valence-corrected chi connectivity index (χ4v) is 2.17. The van der Waals surface area contributed by atoms with E-state index < -0.39 is 5.91 Å². The molecule has 2 N–H and O–H groups in total. The first-order chi connectivity index (χ1) is 9.16.